The van der Waals surface area contributed by atoms with Gasteiger partial charge in [-0.05, 0) is 48.9 Å². The molecule has 1 unspecified atom stereocenters. The largest absolute Gasteiger partial charge is 0.480 e. The van der Waals surface area contributed by atoms with Gasteiger partial charge in [0.2, 0.25) is 10.0 Å². The van der Waals surface area contributed by atoms with Crippen LogP contribution in [0.5, 0.6) is 0 Å². The van der Waals surface area contributed by atoms with Gasteiger partial charge < -0.3 is 5.11 Å². The lowest BCUT2D eigenvalue weighted by atomic mass is 9.91. The Morgan fingerprint density at radius 1 is 1.30 bits per heavy atom. The molecule has 1 aliphatic carbocycles. The van der Waals surface area contributed by atoms with E-state index in [2.05, 4.69) is 4.72 Å². The fraction of sp³-hybridized carbons (Fsp3) is 0.500. The van der Waals surface area contributed by atoms with Crippen molar-refractivity contribution < 1.29 is 23.1 Å². The molecular weight excluding hydrogens is 318 g/mol. The van der Waals surface area contributed by atoms with Crippen LogP contribution in [-0.4, -0.2) is 31.3 Å². The summed E-state index contributed by atoms with van der Waals surface area (Å²) in [6, 6.07) is 3.18. The molecule has 1 aromatic carbocycles. The molecule has 2 rings (SSSR count). The maximum absolute atomic E-state index is 12.4. The van der Waals surface area contributed by atoms with Crippen molar-refractivity contribution in [2.75, 3.05) is 0 Å². The van der Waals surface area contributed by atoms with E-state index in [9.17, 15) is 23.1 Å². The van der Waals surface area contributed by atoms with Crippen LogP contribution in [0.1, 0.15) is 49.0 Å². The maximum Gasteiger partial charge on any atom is 0.321 e. The Labute approximate surface area is 136 Å². The van der Waals surface area contributed by atoms with E-state index in [-0.39, 0.29) is 23.0 Å². The minimum absolute atomic E-state index is 0.000885. The number of hydrogen-bond donors (Lipinski definition) is 2. The Hall–Kier alpha value is -1.73. The number of nitrogens with one attached hydrogen (secondary N) is 1. The normalized spacial score (nSPS) is 16.2. The molecule has 0 saturated heterocycles. The average molecular weight is 339 g/mol. The highest BCUT2D eigenvalue weighted by molar-refractivity contribution is 7.89. The van der Waals surface area contributed by atoms with Crippen LogP contribution < -0.4 is 4.72 Å². The molecule has 0 spiro atoms. The molecule has 1 atom stereocenters. The number of rotatable bonds is 6. The molecule has 2 N–H and O–H groups in total. The molecule has 0 amide bonds. The highest BCUT2D eigenvalue weighted by Gasteiger charge is 2.27. The molecule has 0 radical (unpaired) electrons. The molecule has 1 aliphatic rings. The van der Waals surface area contributed by atoms with E-state index in [1.807, 2.05) is 13.8 Å². The average Bonchev–Trinajstić information content (AvgIpc) is 2.45. The number of aliphatic carboxylic acids is 1. The first-order valence-corrected chi connectivity index (χ1v) is 9.10. The third-order valence-electron chi connectivity index (χ3n) is 3.84. The minimum atomic E-state index is -3.94. The van der Waals surface area contributed by atoms with Gasteiger partial charge in [0.1, 0.15) is 6.04 Å². The highest BCUT2D eigenvalue weighted by Crippen LogP contribution is 2.24. The third-order valence-corrected chi connectivity index (χ3v) is 5.31. The summed E-state index contributed by atoms with van der Waals surface area (Å²) in [5.74, 6) is -1.14. The number of hydrogen-bond acceptors (Lipinski definition) is 4. The van der Waals surface area contributed by atoms with Gasteiger partial charge in [0, 0.05) is 12.0 Å². The van der Waals surface area contributed by atoms with Gasteiger partial charge in [0.15, 0.2) is 5.78 Å². The van der Waals surface area contributed by atoms with Gasteiger partial charge in [-0.1, -0.05) is 13.8 Å². The Bertz CT molecular complexity index is 724. The van der Waals surface area contributed by atoms with Crippen LogP contribution in [0.4, 0.5) is 0 Å². The fourth-order valence-corrected chi connectivity index (χ4v) is 3.97. The lowest BCUT2D eigenvalue weighted by Crippen LogP contribution is -2.41. The van der Waals surface area contributed by atoms with E-state index < -0.39 is 22.0 Å². The lowest BCUT2D eigenvalue weighted by molar-refractivity contribution is -0.139. The number of carboxylic acid groups (broad SMARTS) is 1. The summed E-state index contributed by atoms with van der Waals surface area (Å²) in [4.78, 5) is 23.0. The van der Waals surface area contributed by atoms with Gasteiger partial charge in [0.05, 0.1) is 4.90 Å². The Balaban J connectivity index is 2.29. The standard InChI is InChI=1S/C16H21NO5S/c1-10(2)8-14(16(19)20)17-23(21,22)12-6-7-13-11(9-12)4-3-5-15(13)18/h6-7,9-10,14,17H,3-5,8H2,1-2H3,(H,19,20). The van der Waals surface area contributed by atoms with E-state index in [0.717, 1.165) is 0 Å². The zero-order valence-corrected chi connectivity index (χ0v) is 14.0. The molecule has 0 heterocycles. The summed E-state index contributed by atoms with van der Waals surface area (Å²) in [5.41, 5.74) is 1.27. The summed E-state index contributed by atoms with van der Waals surface area (Å²) in [7, 11) is -3.94. The molecular formula is C16H21NO5S. The fourth-order valence-electron chi connectivity index (χ4n) is 2.72. The number of Topliss-reactive ketones (excluding diaryl/α,β-unsaturated/α-hetero) is 1. The van der Waals surface area contributed by atoms with Gasteiger partial charge in [-0.25, -0.2) is 8.42 Å². The first-order chi connectivity index (χ1) is 10.7. The van der Waals surface area contributed by atoms with Crippen molar-refractivity contribution in [1.29, 1.82) is 0 Å². The predicted molar refractivity (Wildman–Crippen MR) is 84.9 cm³/mol. The molecule has 0 saturated carbocycles. The maximum atomic E-state index is 12.4. The third kappa shape index (κ3) is 4.17. The molecule has 126 valence electrons. The molecule has 6 nitrogen and oxygen atoms in total. The smallest absolute Gasteiger partial charge is 0.321 e. The Morgan fingerprint density at radius 3 is 2.61 bits per heavy atom. The van der Waals surface area contributed by atoms with Crippen LogP contribution >= 0.6 is 0 Å². The van der Waals surface area contributed by atoms with Crippen LogP contribution in [0.15, 0.2) is 23.1 Å². The first kappa shape index (κ1) is 17.6. The van der Waals surface area contributed by atoms with Gasteiger partial charge in [-0.15, -0.1) is 0 Å². The zero-order chi connectivity index (χ0) is 17.2. The van der Waals surface area contributed by atoms with Crippen molar-refractivity contribution in [3.05, 3.63) is 29.3 Å². The van der Waals surface area contributed by atoms with Gasteiger partial charge in [0.25, 0.3) is 0 Å². The van der Waals surface area contributed by atoms with E-state index >= 15 is 0 Å². The summed E-state index contributed by atoms with van der Waals surface area (Å²) in [6.07, 6.45) is 2.04. The summed E-state index contributed by atoms with van der Waals surface area (Å²) in [6.45, 7) is 3.66. The van der Waals surface area contributed by atoms with Gasteiger partial charge >= 0.3 is 5.97 Å². The quantitative estimate of drug-likeness (QED) is 0.825. The first-order valence-electron chi connectivity index (χ1n) is 7.62. The molecule has 0 aromatic heterocycles. The topological polar surface area (TPSA) is 101 Å². The van der Waals surface area contributed by atoms with E-state index in [4.69, 9.17) is 0 Å². The number of aryl methyl sites for hydroxylation is 1. The Morgan fingerprint density at radius 2 is 2.00 bits per heavy atom. The van der Waals surface area contributed by atoms with Crippen LogP contribution in [-0.2, 0) is 21.2 Å². The number of sulfonamides is 1. The van der Waals surface area contributed by atoms with E-state index in [1.165, 1.54) is 18.2 Å². The Kier molecular flexibility index (Phi) is 5.21. The van der Waals surface area contributed by atoms with E-state index in [0.29, 0.717) is 30.4 Å². The molecule has 0 bridgehead atoms. The second-order valence-corrected chi connectivity index (χ2v) is 7.95. The monoisotopic (exact) mass is 339 g/mol. The summed E-state index contributed by atoms with van der Waals surface area (Å²) in [5, 5.41) is 9.19. The second-order valence-electron chi connectivity index (χ2n) is 6.24. The SMILES string of the molecule is CC(C)CC(NS(=O)(=O)c1ccc2c(c1)CCCC2=O)C(=O)O. The number of carboxylic acids is 1. The molecule has 1 aromatic rings. The number of fused-ring (bicyclic) bond motifs is 1. The summed E-state index contributed by atoms with van der Waals surface area (Å²) >= 11 is 0. The lowest BCUT2D eigenvalue weighted by Gasteiger charge is -2.19. The second kappa shape index (κ2) is 6.80. The van der Waals surface area contributed by atoms with Gasteiger partial charge in [-0.2, -0.15) is 4.72 Å². The zero-order valence-electron chi connectivity index (χ0n) is 13.2. The number of carbonyl (C=O) groups is 2. The van der Waals surface area contributed by atoms with E-state index in [1.54, 1.807) is 0 Å². The van der Waals surface area contributed by atoms with Crippen molar-refractivity contribution in [1.82, 2.24) is 4.72 Å². The minimum Gasteiger partial charge on any atom is -0.480 e. The molecule has 0 fully saturated rings. The molecule has 23 heavy (non-hydrogen) atoms. The molecule has 0 aliphatic heterocycles. The number of benzene rings is 1. The highest BCUT2D eigenvalue weighted by atomic mass is 32.2. The van der Waals surface area contributed by atoms with Crippen molar-refractivity contribution in [3.8, 4) is 0 Å². The summed E-state index contributed by atoms with van der Waals surface area (Å²) < 4.78 is 27.1. The molecule has 7 heteroatoms. The van der Waals surface area contributed by atoms with Crippen molar-refractivity contribution in [3.63, 3.8) is 0 Å². The number of ketones is 1. The van der Waals surface area contributed by atoms with Gasteiger partial charge in [-0.3, -0.25) is 9.59 Å². The predicted octanol–water partition coefficient (Wildman–Crippen LogP) is 1.98. The van der Waals surface area contributed by atoms with Crippen molar-refractivity contribution in [2.24, 2.45) is 5.92 Å². The van der Waals surface area contributed by atoms with Crippen molar-refractivity contribution >= 4 is 21.8 Å². The van der Waals surface area contributed by atoms with Crippen LogP contribution in [0, 0.1) is 5.92 Å². The van der Waals surface area contributed by atoms with Crippen molar-refractivity contribution in [2.45, 2.75) is 50.5 Å². The van der Waals surface area contributed by atoms with Crippen LogP contribution in [0.2, 0.25) is 0 Å². The van der Waals surface area contributed by atoms with Crippen LogP contribution in [0.25, 0.3) is 0 Å². The van der Waals surface area contributed by atoms with Crippen LogP contribution in [0.3, 0.4) is 0 Å². The number of carbonyl (C=O) groups excluding carboxylic acids is 1.